The second-order valence-electron chi connectivity index (χ2n) is 20.3. The summed E-state index contributed by atoms with van der Waals surface area (Å²) in [5.41, 5.74) is 6.46. The van der Waals surface area contributed by atoms with Crippen LogP contribution >= 0.6 is 0 Å². The molecule has 334 valence electrons. The highest BCUT2D eigenvalue weighted by molar-refractivity contribution is 5.77. The van der Waals surface area contributed by atoms with Gasteiger partial charge in [0.15, 0.2) is 0 Å². The molecule has 2 N–H and O–H groups in total. The molecule has 6 atom stereocenters. The van der Waals surface area contributed by atoms with E-state index < -0.39 is 5.41 Å². The third-order valence-electron chi connectivity index (χ3n) is 14.1. The fourth-order valence-electron chi connectivity index (χ4n) is 10.4. The molecule has 0 bridgehead atoms. The fraction of sp³-hybridized carbons (Fsp3) is 0.922. The summed E-state index contributed by atoms with van der Waals surface area (Å²) in [6.45, 7) is 19.7. The molecule has 1 saturated heterocycles. The van der Waals surface area contributed by atoms with Crippen LogP contribution in [-0.2, 0) is 19.1 Å². The van der Waals surface area contributed by atoms with Gasteiger partial charge in [0.2, 0.25) is 0 Å². The normalized spacial score (nSPS) is 23.4. The molecule has 2 aliphatic rings. The van der Waals surface area contributed by atoms with Gasteiger partial charge in [-0.2, -0.15) is 0 Å². The summed E-state index contributed by atoms with van der Waals surface area (Å²) in [5, 5.41) is 0. The van der Waals surface area contributed by atoms with Gasteiger partial charge < -0.3 is 20.1 Å². The minimum atomic E-state index is -0.454. The van der Waals surface area contributed by atoms with Crippen molar-refractivity contribution in [1.29, 1.82) is 0 Å². The van der Waals surface area contributed by atoms with Crippen LogP contribution in [0.15, 0.2) is 12.2 Å². The molecule has 0 radical (unpaired) electrons. The van der Waals surface area contributed by atoms with E-state index in [-0.39, 0.29) is 46.9 Å². The van der Waals surface area contributed by atoms with E-state index in [1.807, 2.05) is 0 Å². The van der Waals surface area contributed by atoms with E-state index in [0.29, 0.717) is 12.3 Å². The second-order valence-corrected chi connectivity index (χ2v) is 20.3. The molecule has 57 heavy (non-hydrogen) atoms. The first-order chi connectivity index (χ1) is 27.2. The van der Waals surface area contributed by atoms with Crippen LogP contribution in [0, 0.1) is 28.6 Å². The van der Waals surface area contributed by atoms with Gasteiger partial charge in [0.05, 0.1) is 5.41 Å². The first-order valence-corrected chi connectivity index (χ1v) is 24.8. The number of esters is 2. The van der Waals surface area contributed by atoms with Gasteiger partial charge in [0, 0.05) is 29.8 Å². The number of rotatable bonds is 33. The summed E-state index contributed by atoms with van der Waals surface area (Å²) in [6.07, 6.45) is 36.0. The Bertz CT molecular complexity index is 1090. The predicted octanol–water partition coefficient (Wildman–Crippen LogP) is 13.9. The van der Waals surface area contributed by atoms with E-state index in [0.717, 1.165) is 64.5 Å². The lowest BCUT2D eigenvalue weighted by Crippen LogP contribution is -2.50. The number of allylic oxidation sites excluding steroid dienone is 2. The Morgan fingerprint density at radius 3 is 1.81 bits per heavy atom. The zero-order valence-electron chi connectivity index (χ0n) is 39.4. The SMILES string of the molecule is CC/C=C\CC1C(CC(=O)OC(CCCCCCCC)C(C)(C)CC(C)(N)C(CCCCCCCC)CCCCCCCC)CCC1OC(=O)C1(C)CCN(C)C1. The zero-order chi connectivity index (χ0) is 42.2. The van der Waals surface area contributed by atoms with Crippen molar-refractivity contribution in [1.82, 2.24) is 4.90 Å². The maximum Gasteiger partial charge on any atom is 0.313 e. The Kier molecular flexibility index (Phi) is 25.6. The van der Waals surface area contributed by atoms with Gasteiger partial charge in [-0.1, -0.05) is 163 Å². The number of hydrogen-bond donors (Lipinski definition) is 1. The number of hydrogen-bond acceptors (Lipinski definition) is 6. The van der Waals surface area contributed by atoms with E-state index in [1.165, 1.54) is 122 Å². The molecule has 2 fully saturated rings. The molecule has 1 saturated carbocycles. The maximum absolute atomic E-state index is 14.1. The molecular weight excluding hydrogens is 705 g/mol. The Labute approximate surface area is 354 Å². The van der Waals surface area contributed by atoms with Crippen molar-refractivity contribution in [3.63, 3.8) is 0 Å². The summed E-state index contributed by atoms with van der Waals surface area (Å²) >= 11 is 0. The Balaban J connectivity index is 2.20. The average molecular weight is 801 g/mol. The van der Waals surface area contributed by atoms with Crippen molar-refractivity contribution in [3.05, 3.63) is 12.2 Å². The van der Waals surface area contributed by atoms with Crippen LogP contribution in [0.5, 0.6) is 0 Å². The van der Waals surface area contributed by atoms with Crippen molar-refractivity contribution in [2.24, 2.45) is 34.3 Å². The zero-order valence-corrected chi connectivity index (χ0v) is 39.4. The number of carbonyl (C=O) groups is 2. The van der Waals surface area contributed by atoms with Crippen molar-refractivity contribution in [2.45, 2.75) is 253 Å². The molecule has 0 spiro atoms. The predicted molar refractivity (Wildman–Crippen MR) is 243 cm³/mol. The van der Waals surface area contributed by atoms with Crippen LogP contribution in [-0.4, -0.2) is 54.7 Å². The molecule has 6 heteroatoms. The number of likely N-dealkylation sites (tertiary alicyclic amines) is 1. The number of unbranched alkanes of at least 4 members (excludes halogenated alkanes) is 15. The molecule has 0 aromatic heterocycles. The minimum absolute atomic E-state index is 0.0681. The summed E-state index contributed by atoms with van der Waals surface area (Å²) < 4.78 is 13.0. The van der Waals surface area contributed by atoms with Gasteiger partial charge in [-0.05, 0) is 103 Å². The molecule has 2 rings (SSSR count). The molecule has 1 aliphatic heterocycles. The quantitative estimate of drug-likeness (QED) is 0.0404. The van der Waals surface area contributed by atoms with Gasteiger partial charge >= 0.3 is 11.9 Å². The number of carbonyl (C=O) groups excluding carboxylic acids is 2. The van der Waals surface area contributed by atoms with Crippen LogP contribution < -0.4 is 5.73 Å². The van der Waals surface area contributed by atoms with Gasteiger partial charge in [-0.3, -0.25) is 9.59 Å². The number of nitrogens with zero attached hydrogens (tertiary/aromatic N) is 1. The standard InChI is InChI=1S/C51H96N2O4/c1-10-14-18-21-24-28-31-43(32-29-25-22-19-15-11-2)51(8,52)40-49(5,6)46(34-30-26-23-20-16-12-3)57-47(54)39-42-35-36-45(44(42)33-27-17-13-4)56-48(55)50(7)37-38-53(9)41-50/h17,27,42-46H,10-16,18-26,28-41,52H2,1-9H3/b27-17-. The monoisotopic (exact) mass is 801 g/mol. The van der Waals surface area contributed by atoms with Crippen molar-refractivity contribution in [2.75, 3.05) is 20.1 Å². The smallest absolute Gasteiger partial charge is 0.313 e. The molecule has 6 nitrogen and oxygen atoms in total. The van der Waals surface area contributed by atoms with Gasteiger partial charge in [0.1, 0.15) is 12.2 Å². The lowest BCUT2D eigenvalue weighted by molar-refractivity contribution is -0.162. The number of nitrogens with two attached hydrogens (primary N) is 1. The van der Waals surface area contributed by atoms with Crippen LogP contribution in [0.2, 0.25) is 0 Å². The van der Waals surface area contributed by atoms with Crippen LogP contribution in [0.4, 0.5) is 0 Å². The van der Waals surface area contributed by atoms with Gasteiger partial charge in [-0.25, -0.2) is 0 Å². The first kappa shape index (κ1) is 51.7. The molecule has 6 unspecified atom stereocenters. The Morgan fingerprint density at radius 1 is 0.772 bits per heavy atom. The Hall–Kier alpha value is -1.40. The molecule has 1 aliphatic carbocycles. The van der Waals surface area contributed by atoms with Gasteiger partial charge in [0.25, 0.3) is 0 Å². The summed E-state index contributed by atoms with van der Waals surface area (Å²) in [6, 6.07) is 0. The first-order valence-electron chi connectivity index (χ1n) is 24.8. The fourth-order valence-corrected chi connectivity index (χ4v) is 10.4. The van der Waals surface area contributed by atoms with Crippen LogP contribution in [0.25, 0.3) is 0 Å². The van der Waals surface area contributed by atoms with E-state index >= 15 is 0 Å². The van der Waals surface area contributed by atoms with E-state index in [4.69, 9.17) is 15.2 Å². The van der Waals surface area contributed by atoms with E-state index in [9.17, 15) is 9.59 Å². The lowest BCUT2D eigenvalue weighted by Gasteiger charge is -2.44. The molecule has 0 aromatic carbocycles. The lowest BCUT2D eigenvalue weighted by atomic mass is 9.67. The largest absolute Gasteiger partial charge is 0.462 e. The third-order valence-corrected chi connectivity index (χ3v) is 14.1. The van der Waals surface area contributed by atoms with Crippen molar-refractivity contribution in [3.8, 4) is 0 Å². The topological polar surface area (TPSA) is 81.9 Å². The summed E-state index contributed by atoms with van der Waals surface area (Å²) in [5.74, 6) is 0.601. The third kappa shape index (κ3) is 19.7. The molecule has 0 amide bonds. The highest BCUT2D eigenvalue weighted by Crippen LogP contribution is 2.43. The summed E-state index contributed by atoms with van der Waals surface area (Å²) in [4.78, 5) is 29.9. The van der Waals surface area contributed by atoms with Crippen LogP contribution in [0.1, 0.15) is 235 Å². The molecule has 1 heterocycles. The maximum atomic E-state index is 14.1. The highest BCUT2D eigenvalue weighted by atomic mass is 16.6. The van der Waals surface area contributed by atoms with E-state index in [1.54, 1.807) is 0 Å². The minimum Gasteiger partial charge on any atom is -0.462 e. The van der Waals surface area contributed by atoms with Crippen molar-refractivity contribution < 1.29 is 19.1 Å². The average Bonchev–Trinajstić information content (AvgIpc) is 3.71. The summed E-state index contributed by atoms with van der Waals surface area (Å²) in [7, 11) is 2.08. The number of ether oxygens (including phenoxy) is 2. The van der Waals surface area contributed by atoms with E-state index in [2.05, 4.69) is 79.5 Å². The second kappa shape index (κ2) is 28.2. The highest BCUT2D eigenvalue weighted by Gasteiger charge is 2.46. The van der Waals surface area contributed by atoms with Crippen LogP contribution in [0.3, 0.4) is 0 Å². The van der Waals surface area contributed by atoms with Gasteiger partial charge in [-0.15, -0.1) is 0 Å². The molecule has 0 aromatic rings. The molecular formula is C51H96N2O4. The van der Waals surface area contributed by atoms with Crippen molar-refractivity contribution >= 4 is 11.9 Å². The Morgan fingerprint density at radius 2 is 1.30 bits per heavy atom.